The van der Waals surface area contributed by atoms with E-state index in [1.165, 1.54) is 12.1 Å². The number of phenolic OH excluding ortho intramolecular Hbond substituents is 1. The van der Waals surface area contributed by atoms with Gasteiger partial charge in [-0.2, -0.15) is 0 Å². The van der Waals surface area contributed by atoms with Gasteiger partial charge in [0.1, 0.15) is 17.2 Å². The maximum atomic E-state index is 12.9. The van der Waals surface area contributed by atoms with Gasteiger partial charge in [0, 0.05) is 11.1 Å². The van der Waals surface area contributed by atoms with E-state index in [-0.39, 0.29) is 11.3 Å². The summed E-state index contributed by atoms with van der Waals surface area (Å²) < 4.78 is 5.87. The van der Waals surface area contributed by atoms with E-state index >= 15 is 0 Å². The third-order valence-electron chi connectivity index (χ3n) is 4.39. The van der Waals surface area contributed by atoms with Crippen LogP contribution in [-0.4, -0.2) is 16.9 Å². The Hall–Kier alpha value is -3.80. The van der Waals surface area contributed by atoms with E-state index in [1.807, 2.05) is 36.4 Å². The van der Waals surface area contributed by atoms with Crippen LogP contribution >= 0.6 is 0 Å². The molecule has 3 aromatic carbocycles. The second kappa shape index (κ2) is 6.84. The first-order valence-electron chi connectivity index (χ1n) is 8.39. The van der Waals surface area contributed by atoms with Crippen LogP contribution in [0.2, 0.25) is 0 Å². The number of hydrazine groups is 1. The zero-order valence-corrected chi connectivity index (χ0v) is 14.2. The van der Waals surface area contributed by atoms with E-state index in [2.05, 4.69) is 10.9 Å². The zero-order valence-electron chi connectivity index (χ0n) is 14.2. The van der Waals surface area contributed by atoms with Crippen LogP contribution in [0.4, 0.5) is 0 Å². The summed E-state index contributed by atoms with van der Waals surface area (Å²) in [6.45, 7) is 0. The lowest BCUT2D eigenvalue weighted by molar-refractivity contribution is -0.122. The average Bonchev–Trinajstić information content (AvgIpc) is 2.70. The minimum Gasteiger partial charge on any atom is -0.507 e. The number of rotatable bonds is 2. The van der Waals surface area contributed by atoms with Gasteiger partial charge in [-0.25, -0.2) is 0 Å². The van der Waals surface area contributed by atoms with E-state index < -0.39 is 17.7 Å². The minimum absolute atomic E-state index is 0.0746. The topological polar surface area (TPSA) is 87.7 Å². The van der Waals surface area contributed by atoms with Gasteiger partial charge in [-0.15, -0.1) is 0 Å². The van der Waals surface area contributed by atoms with Gasteiger partial charge in [0.25, 0.3) is 11.8 Å². The van der Waals surface area contributed by atoms with Crippen molar-refractivity contribution in [2.24, 2.45) is 0 Å². The molecular formula is C21H16N2O4. The fraction of sp³-hybridized carbons (Fsp3) is 0.0476. The lowest BCUT2D eigenvalue weighted by atomic mass is 9.87. The highest BCUT2D eigenvalue weighted by Gasteiger charge is 2.32. The van der Waals surface area contributed by atoms with Crippen LogP contribution in [0.15, 0.2) is 72.8 Å². The van der Waals surface area contributed by atoms with Crippen molar-refractivity contribution in [3.05, 3.63) is 89.5 Å². The molecule has 134 valence electrons. The minimum atomic E-state index is -0.629. The summed E-state index contributed by atoms with van der Waals surface area (Å²) in [6, 6.07) is 20.7. The van der Waals surface area contributed by atoms with E-state index in [0.717, 1.165) is 0 Å². The molecule has 0 spiro atoms. The highest BCUT2D eigenvalue weighted by Crippen LogP contribution is 2.43. The first-order chi connectivity index (χ1) is 13.1. The maximum absolute atomic E-state index is 12.9. The summed E-state index contributed by atoms with van der Waals surface area (Å²) in [6.07, 6.45) is 0. The number of fused-ring (bicyclic) bond motifs is 2. The van der Waals surface area contributed by atoms with E-state index in [0.29, 0.717) is 22.6 Å². The van der Waals surface area contributed by atoms with Crippen molar-refractivity contribution in [1.82, 2.24) is 10.9 Å². The highest BCUT2D eigenvalue weighted by atomic mass is 16.5. The molecule has 27 heavy (non-hydrogen) atoms. The van der Waals surface area contributed by atoms with Gasteiger partial charge in [0.05, 0.1) is 11.5 Å². The lowest BCUT2D eigenvalue weighted by Crippen LogP contribution is -2.44. The predicted molar refractivity (Wildman–Crippen MR) is 98.5 cm³/mol. The Morgan fingerprint density at radius 3 is 1.96 bits per heavy atom. The van der Waals surface area contributed by atoms with Crippen LogP contribution < -0.4 is 15.6 Å². The molecule has 0 fully saturated rings. The largest absolute Gasteiger partial charge is 0.507 e. The van der Waals surface area contributed by atoms with Crippen LogP contribution in [0, 0.1) is 0 Å². The molecule has 0 atom stereocenters. The quantitative estimate of drug-likeness (QED) is 0.613. The molecule has 0 bridgehead atoms. The van der Waals surface area contributed by atoms with Crippen LogP contribution in [0.5, 0.6) is 17.2 Å². The number of carbonyl (C=O) groups excluding carboxylic acids is 2. The number of para-hydroxylation sites is 3. The smallest absolute Gasteiger partial charge is 0.273 e. The third kappa shape index (κ3) is 3.08. The van der Waals surface area contributed by atoms with Gasteiger partial charge in [-0.3, -0.25) is 20.4 Å². The number of nitrogens with one attached hydrogen (secondary N) is 2. The molecule has 6 heteroatoms. The first kappa shape index (κ1) is 16.7. The fourth-order valence-electron chi connectivity index (χ4n) is 3.12. The molecule has 3 aromatic rings. The zero-order chi connectivity index (χ0) is 18.8. The van der Waals surface area contributed by atoms with E-state index in [4.69, 9.17) is 4.74 Å². The molecule has 0 saturated heterocycles. The normalized spacial score (nSPS) is 12.3. The summed E-state index contributed by atoms with van der Waals surface area (Å²) in [7, 11) is 0. The number of carbonyl (C=O) groups is 2. The Morgan fingerprint density at radius 1 is 0.778 bits per heavy atom. The molecule has 1 heterocycles. The highest BCUT2D eigenvalue weighted by molar-refractivity contribution is 5.98. The number of hydrogen-bond donors (Lipinski definition) is 3. The number of benzene rings is 3. The summed E-state index contributed by atoms with van der Waals surface area (Å²) in [5, 5.41) is 9.77. The lowest BCUT2D eigenvalue weighted by Gasteiger charge is -2.27. The molecule has 3 N–H and O–H groups in total. The molecule has 0 aromatic heterocycles. The van der Waals surface area contributed by atoms with Crippen molar-refractivity contribution in [1.29, 1.82) is 0 Å². The summed E-state index contributed by atoms with van der Waals surface area (Å²) in [5.74, 6) is -0.592. The van der Waals surface area contributed by atoms with Crippen molar-refractivity contribution in [2.45, 2.75) is 5.92 Å². The second-order valence-corrected chi connectivity index (χ2v) is 6.07. The van der Waals surface area contributed by atoms with Gasteiger partial charge in [0.15, 0.2) is 0 Å². The Labute approximate surface area is 155 Å². The Morgan fingerprint density at radius 2 is 1.33 bits per heavy atom. The number of hydrogen-bond acceptors (Lipinski definition) is 4. The van der Waals surface area contributed by atoms with Crippen molar-refractivity contribution in [3.63, 3.8) is 0 Å². The fourth-order valence-corrected chi connectivity index (χ4v) is 3.12. The second-order valence-electron chi connectivity index (χ2n) is 6.07. The van der Waals surface area contributed by atoms with Crippen LogP contribution in [0.1, 0.15) is 27.4 Å². The number of amides is 2. The van der Waals surface area contributed by atoms with Crippen LogP contribution in [0.3, 0.4) is 0 Å². The Kier molecular flexibility index (Phi) is 4.22. The molecule has 1 aliphatic heterocycles. The predicted octanol–water partition coefficient (Wildman–Crippen LogP) is 3.09. The molecular weight excluding hydrogens is 344 g/mol. The molecule has 2 amide bonds. The van der Waals surface area contributed by atoms with E-state index in [1.54, 1.807) is 24.3 Å². The Bertz CT molecular complexity index is 986. The average molecular weight is 360 g/mol. The van der Waals surface area contributed by atoms with Gasteiger partial charge in [0.2, 0.25) is 0 Å². The molecule has 4 rings (SSSR count). The molecule has 6 nitrogen and oxygen atoms in total. The van der Waals surface area contributed by atoms with Crippen LogP contribution in [-0.2, 0) is 4.79 Å². The van der Waals surface area contributed by atoms with Crippen molar-refractivity contribution in [3.8, 4) is 17.2 Å². The molecule has 0 aliphatic carbocycles. The number of phenols is 1. The third-order valence-corrected chi connectivity index (χ3v) is 4.39. The monoisotopic (exact) mass is 360 g/mol. The van der Waals surface area contributed by atoms with E-state index in [9.17, 15) is 14.7 Å². The SMILES string of the molecule is O=C(NNC(=O)C1c2ccccc2Oc2ccccc21)c1ccccc1O. The van der Waals surface area contributed by atoms with Gasteiger partial charge < -0.3 is 9.84 Å². The number of aromatic hydroxyl groups is 1. The molecule has 0 unspecified atom stereocenters. The van der Waals surface area contributed by atoms with Crippen molar-refractivity contribution in [2.75, 3.05) is 0 Å². The summed E-state index contributed by atoms with van der Waals surface area (Å²) in [4.78, 5) is 25.1. The molecule has 0 saturated carbocycles. The molecule has 0 radical (unpaired) electrons. The van der Waals surface area contributed by atoms with Gasteiger partial charge >= 0.3 is 0 Å². The number of ether oxygens (including phenoxy) is 1. The van der Waals surface area contributed by atoms with Crippen LogP contribution in [0.25, 0.3) is 0 Å². The van der Waals surface area contributed by atoms with Gasteiger partial charge in [-0.05, 0) is 24.3 Å². The first-order valence-corrected chi connectivity index (χ1v) is 8.39. The Balaban J connectivity index is 1.59. The summed E-state index contributed by atoms with van der Waals surface area (Å²) >= 11 is 0. The van der Waals surface area contributed by atoms with Gasteiger partial charge in [-0.1, -0.05) is 48.5 Å². The molecule has 1 aliphatic rings. The van der Waals surface area contributed by atoms with Crippen molar-refractivity contribution >= 4 is 11.8 Å². The van der Waals surface area contributed by atoms with Crippen molar-refractivity contribution < 1.29 is 19.4 Å². The maximum Gasteiger partial charge on any atom is 0.273 e. The standard InChI is InChI=1S/C21H16N2O4/c24-16-10-4-1-7-13(16)20(25)22-23-21(26)19-14-8-2-5-11-17(14)27-18-12-6-3-9-15(18)19/h1-12,19,24H,(H,22,25)(H,23,26). The summed E-state index contributed by atoms with van der Waals surface area (Å²) in [5.41, 5.74) is 6.32.